The first-order chi connectivity index (χ1) is 8.43. The fourth-order valence-electron chi connectivity index (χ4n) is 2.18. The molecule has 1 N–H and O–H groups in total. The molecular formula is C13H13NO4. The summed E-state index contributed by atoms with van der Waals surface area (Å²) in [6.07, 6.45) is -0.175. The molecule has 2 rings (SSSR count). The van der Waals surface area contributed by atoms with E-state index in [0.29, 0.717) is 11.3 Å². The number of rotatable bonds is 3. The van der Waals surface area contributed by atoms with Crippen molar-refractivity contribution in [1.82, 2.24) is 0 Å². The predicted molar refractivity (Wildman–Crippen MR) is 64.9 cm³/mol. The molecule has 0 unspecified atom stereocenters. The minimum Gasteiger partial charge on any atom is -0.481 e. The normalized spacial score (nSPS) is 14.0. The van der Waals surface area contributed by atoms with E-state index in [4.69, 9.17) is 5.11 Å². The molecule has 0 aromatic heterocycles. The SMILES string of the molecule is Cc1ccc(C)c2c1C(=O)C(=O)N2CCC(=O)O. The average Bonchev–Trinajstić information content (AvgIpc) is 2.56. The molecule has 0 saturated carbocycles. The second kappa shape index (κ2) is 4.25. The summed E-state index contributed by atoms with van der Waals surface area (Å²) in [7, 11) is 0. The zero-order chi connectivity index (χ0) is 13.4. The van der Waals surface area contributed by atoms with Crippen LogP contribution in [0, 0.1) is 13.8 Å². The van der Waals surface area contributed by atoms with Crippen molar-refractivity contribution in [2.24, 2.45) is 0 Å². The summed E-state index contributed by atoms with van der Waals surface area (Å²) in [5.74, 6) is -2.17. The number of benzene rings is 1. The highest BCUT2D eigenvalue weighted by Gasteiger charge is 2.37. The van der Waals surface area contributed by atoms with Crippen LogP contribution in [0.4, 0.5) is 5.69 Å². The van der Waals surface area contributed by atoms with Crippen LogP contribution in [-0.4, -0.2) is 29.3 Å². The molecule has 5 heteroatoms. The number of aryl methyl sites for hydroxylation is 2. The van der Waals surface area contributed by atoms with Crippen LogP contribution in [-0.2, 0) is 9.59 Å². The lowest BCUT2D eigenvalue weighted by atomic mass is 10.0. The van der Waals surface area contributed by atoms with Gasteiger partial charge in [-0.2, -0.15) is 0 Å². The Morgan fingerprint density at radius 2 is 1.83 bits per heavy atom. The molecule has 1 amide bonds. The number of nitrogens with zero attached hydrogens (tertiary/aromatic N) is 1. The van der Waals surface area contributed by atoms with Crippen LogP contribution in [0.15, 0.2) is 12.1 Å². The Bertz CT molecular complexity index is 562. The van der Waals surface area contributed by atoms with E-state index >= 15 is 0 Å². The Morgan fingerprint density at radius 1 is 1.22 bits per heavy atom. The van der Waals surface area contributed by atoms with Gasteiger partial charge in [0, 0.05) is 6.54 Å². The summed E-state index contributed by atoms with van der Waals surface area (Å²) in [5, 5.41) is 8.67. The largest absolute Gasteiger partial charge is 0.481 e. The molecule has 1 aromatic rings. The van der Waals surface area contributed by atoms with E-state index in [1.807, 2.05) is 6.07 Å². The molecule has 94 valence electrons. The summed E-state index contributed by atoms with van der Waals surface area (Å²) in [6, 6.07) is 3.62. The number of carbonyl (C=O) groups excluding carboxylic acids is 2. The van der Waals surface area contributed by atoms with Gasteiger partial charge in [0.25, 0.3) is 11.7 Å². The Labute approximate surface area is 104 Å². The predicted octanol–water partition coefficient (Wildman–Crippen LogP) is 1.31. The summed E-state index contributed by atoms with van der Waals surface area (Å²) in [4.78, 5) is 35.6. The number of carbonyl (C=O) groups is 3. The minimum absolute atomic E-state index is 0.0250. The highest BCUT2D eigenvalue weighted by atomic mass is 16.4. The van der Waals surface area contributed by atoms with E-state index in [2.05, 4.69) is 0 Å². The Balaban J connectivity index is 2.48. The lowest BCUT2D eigenvalue weighted by Crippen LogP contribution is -2.32. The van der Waals surface area contributed by atoms with Gasteiger partial charge in [-0.15, -0.1) is 0 Å². The fraction of sp³-hybridized carbons (Fsp3) is 0.308. The maximum atomic E-state index is 11.9. The van der Waals surface area contributed by atoms with Crippen molar-refractivity contribution in [2.45, 2.75) is 20.3 Å². The zero-order valence-corrected chi connectivity index (χ0v) is 10.2. The third-order valence-corrected chi connectivity index (χ3v) is 3.07. The molecule has 0 atom stereocenters. The van der Waals surface area contributed by atoms with Crippen LogP contribution in [0.3, 0.4) is 0 Å². The molecule has 0 bridgehead atoms. The van der Waals surface area contributed by atoms with Crippen molar-refractivity contribution in [3.63, 3.8) is 0 Å². The smallest absolute Gasteiger partial charge is 0.305 e. The maximum Gasteiger partial charge on any atom is 0.305 e. The highest BCUT2D eigenvalue weighted by molar-refractivity contribution is 6.52. The number of fused-ring (bicyclic) bond motifs is 1. The monoisotopic (exact) mass is 247 g/mol. The molecule has 1 aliphatic heterocycles. The standard InChI is InChI=1S/C13H13NO4/c1-7-3-4-8(2)11-10(7)12(17)13(18)14(11)6-5-9(15)16/h3-4H,5-6H2,1-2H3,(H,15,16). The third kappa shape index (κ3) is 1.77. The number of hydrogen-bond acceptors (Lipinski definition) is 3. The van der Waals surface area contributed by atoms with Crippen LogP contribution in [0.1, 0.15) is 27.9 Å². The molecule has 0 radical (unpaired) electrons. The third-order valence-electron chi connectivity index (χ3n) is 3.07. The van der Waals surface area contributed by atoms with E-state index in [-0.39, 0.29) is 13.0 Å². The lowest BCUT2D eigenvalue weighted by molar-refractivity contribution is -0.136. The van der Waals surface area contributed by atoms with Gasteiger partial charge in [-0.3, -0.25) is 14.4 Å². The number of hydrogen-bond donors (Lipinski definition) is 1. The van der Waals surface area contributed by atoms with Gasteiger partial charge in [-0.25, -0.2) is 0 Å². The van der Waals surface area contributed by atoms with Crippen LogP contribution < -0.4 is 4.90 Å². The van der Waals surface area contributed by atoms with Crippen molar-refractivity contribution >= 4 is 23.3 Å². The first-order valence-electron chi connectivity index (χ1n) is 5.61. The molecule has 5 nitrogen and oxygen atoms in total. The van der Waals surface area contributed by atoms with Crippen molar-refractivity contribution in [1.29, 1.82) is 0 Å². The van der Waals surface area contributed by atoms with Crippen molar-refractivity contribution in [3.05, 3.63) is 28.8 Å². The van der Waals surface area contributed by atoms with E-state index in [0.717, 1.165) is 11.1 Å². The molecule has 1 heterocycles. The Kier molecular flexibility index (Phi) is 2.90. The van der Waals surface area contributed by atoms with Crippen molar-refractivity contribution < 1.29 is 19.5 Å². The molecule has 0 aliphatic carbocycles. The summed E-state index contributed by atoms with van der Waals surface area (Å²) in [5.41, 5.74) is 2.52. The molecule has 0 fully saturated rings. The zero-order valence-electron chi connectivity index (χ0n) is 10.2. The maximum absolute atomic E-state index is 11.9. The van der Waals surface area contributed by atoms with Gasteiger partial charge in [0.2, 0.25) is 0 Å². The number of carboxylic acids is 1. The van der Waals surface area contributed by atoms with Crippen molar-refractivity contribution in [2.75, 3.05) is 11.4 Å². The van der Waals surface area contributed by atoms with Gasteiger partial charge in [0.15, 0.2) is 0 Å². The van der Waals surface area contributed by atoms with Gasteiger partial charge in [0.1, 0.15) is 0 Å². The van der Waals surface area contributed by atoms with Crippen LogP contribution in [0.5, 0.6) is 0 Å². The van der Waals surface area contributed by atoms with E-state index < -0.39 is 17.7 Å². The number of Topliss-reactive ketones (excluding diaryl/α,β-unsaturated/α-hetero) is 1. The second-order valence-corrected chi connectivity index (χ2v) is 4.35. The van der Waals surface area contributed by atoms with Gasteiger partial charge >= 0.3 is 5.97 Å². The number of amides is 1. The topological polar surface area (TPSA) is 74.7 Å². The number of anilines is 1. The van der Waals surface area contributed by atoms with Crippen LogP contribution in [0.25, 0.3) is 0 Å². The lowest BCUT2D eigenvalue weighted by Gasteiger charge is -2.17. The second-order valence-electron chi connectivity index (χ2n) is 4.35. The van der Waals surface area contributed by atoms with Gasteiger partial charge in [-0.05, 0) is 25.0 Å². The van der Waals surface area contributed by atoms with E-state index in [1.165, 1.54) is 4.90 Å². The Hall–Kier alpha value is -2.17. The van der Waals surface area contributed by atoms with Gasteiger partial charge in [-0.1, -0.05) is 12.1 Å². The summed E-state index contributed by atoms with van der Waals surface area (Å²) >= 11 is 0. The van der Waals surface area contributed by atoms with E-state index in [1.54, 1.807) is 19.9 Å². The fourth-order valence-corrected chi connectivity index (χ4v) is 2.18. The molecule has 0 spiro atoms. The highest BCUT2D eigenvalue weighted by Crippen LogP contribution is 2.34. The van der Waals surface area contributed by atoms with Crippen LogP contribution >= 0.6 is 0 Å². The number of ketones is 1. The molecule has 1 aliphatic rings. The summed E-state index contributed by atoms with van der Waals surface area (Å²) in [6.45, 7) is 3.60. The molecule has 18 heavy (non-hydrogen) atoms. The summed E-state index contributed by atoms with van der Waals surface area (Å²) < 4.78 is 0. The van der Waals surface area contributed by atoms with Gasteiger partial charge in [0.05, 0.1) is 17.7 Å². The van der Waals surface area contributed by atoms with Crippen molar-refractivity contribution in [3.8, 4) is 0 Å². The average molecular weight is 247 g/mol. The number of carboxylic acid groups (broad SMARTS) is 1. The number of aliphatic carboxylic acids is 1. The van der Waals surface area contributed by atoms with E-state index in [9.17, 15) is 14.4 Å². The molecule has 1 aromatic carbocycles. The first kappa shape index (κ1) is 12.3. The molecule has 0 saturated heterocycles. The first-order valence-corrected chi connectivity index (χ1v) is 5.61. The Morgan fingerprint density at radius 3 is 2.44 bits per heavy atom. The minimum atomic E-state index is -0.992. The van der Waals surface area contributed by atoms with Gasteiger partial charge < -0.3 is 10.0 Å². The quantitative estimate of drug-likeness (QED) is 0.817. The van der Waals surface area contributed by atoms with Crippen LogP contribution in [0.2, 0.25) is 0 Å². The molecular weight excluding hydrogens is 234 g/mol.